The number of carboxylic acids is 1. The lowest BCUT2D eigenvalue weighted by Crippen LogP contribution is -1.97. The molecule has 0 spiro atoms. The Morgan fingerprint density at radius 3 is 2.92 bits per heavy atom. The van der Waals surface area contributed by atoms with E-state index < -0.39 is 5.97 Å². The number of carbonyl (C=O) groups is 1. The van der Waals surface area contributed by atoms with Gasteiger partial charge < -0.3 is 5.11 Å². The Kier molecular flexibility index (Phi) is 3.22. The summed E-state index contributed by atoms with van der Waals surface area (Å²) in [5.41, 5.74) is 0.937. The number of hydrogen-bond donors (Lipinski definition) is 1. The molecule has 1 N–H and O–H groups in total. The summed E-state index contributed by atoms with van der Waals surface area (Å²) in [6.45, 7) is 0. The summed E-state index contributed by atoms with van der Waals surface area (Å²) in [5, 5.41) is 8.41. The number of aromatic nitrogens is 1. The molecule has 1 aromatic heterocycles. The van der Waals surface area contributed by atoms with Crippen molar-refractivity contribution in [2.45, 2.75) is 12.8 Å². The first kappa shape index (κ1) is 9.19. The third-order valence-corrected chi connectivity index (χ3v) is 1.82. The summed E-state index contributed by atoms with van der Waals surface area (Å²) in [7, 11) is 0. The quantitative estimate of drug-likeness (QED) is 0.862. The Hall–Kier alpha value is -0.900. The molecule has 0 radical (unpaired) electrons. The topological polar surface area (TPSA) is 50.2 Å². The van der Waals surface area contributed by atoms with Gasteiger partial charge in [-0.2, -0.15) is 0 Å². The molecule has 0 unspecified atom stereocenters. The zero-order chi connectivity index (χ0) is 8.97. The van der Waals surface area contributed by atoms with Gasteiger partial charge in [0.15, 0.2) is 0 Å². The molecular weight excluding hydrogens is 222 g/mol. The van der Waals surface area contributed by atoms with Crippen LogP contribution in [-0.4, -0.2) is 16.1 Å². The Morgan fingerprint density at radius 1 is 1.58 bits per heavy atom. The lowest BCUT2D eigenvalue weighted by molar-refractivity contribution is -0.136. The van der Waals surface area contributed by atoms with Crippen molar-refractivity contribution < 1.29 is 9.90 Å². The number of aliphatic carboxylic acids is 1. The molecule has 64 valence electrons. The zero-order valence-corrected chi connectivity index (χ0v) is 7.91. The number of hydrogen-bond acceptors (Lipinski definition) is 2. The van der Waals surface area contributed by atoms with Crippen molar-refractivity contribution in [3.05, 3.63) is 28.5 Å². The van der Waals surface area contributed by atoms with Gasteiger partial charge in [-0.1, -0.05) is 0 Å². The van der Waals surface area contributed by atoms with Gasteiger partial charge in [-0.3, -0.25) is 9.78 Å². The predicted octanol–water partition coefficient (Wildman–Crippen LogP) is 1.86. The average molecular weight is 230 g/mol. The van der Waals surface area contributed by atoms with Crippen LogP contribution in [0.4, 0.5) is 0 Å². The highest BCUT2D eigenvalue weighted by molar-refractivity contribution is 9.10. The molecule has 4 heteroatoms. The Balaban J connectivity index is 2.57. The molecule has 0 saturated heterocycles. The number of nitrogens with zero attached hydrogens (tertiary/aromatic N) is 1. The summed E-state index contributed by atoms with van der Waals surface area (Å²) in [5.74, 6) is -0.782. The lowest BCUT2D eigenvalue weighted by Gasteiger charge is -1.97. The normalized spacial score (nSPS) is 9.75. The van der Waals surface area contributed by atoms with E-state index in [1.54, 1.807) is 12.4 Å². The molecule has 1 heterocycles. The van der Waals surface area contributed by atoms with E-state index in [0.717, 1.165) is 10.0 Å². The molecule has 12 heavy (non-hydrogen) atoms. The highest BCUT2D eigenvalue weighted by Crippen LogP contribution is 2.10. The molecule has 0 aromatic carbocycles. The second-order valence-electron chi connectivity index (χ2n) is 2.41. The van der Waals surface area contributed by atoms with Gasteiger partial charge in [-0.25, -0.2) is 0 Å². The van der Waals surface area contributed by atoms with Crippen molar-refractivity contribution in [2.24, 2.45) is 0 Å². The minimum Gasteiger partial charge on any atom is -0.481 e. The zero-order valence-electron chi connectivity index (χ0n) is 6.33. The number of rotatable bonds is 3. The van der Waals surface area contributed by atoms with Crippen LogP contribution in [-0.2, 0) is 11.2 Å². The summed E-state index contributed by atoms with van der Waals surface area (Å²) < 4.78 is 0.880. The van der Waals surface area contributed by atoms with Crippen LogP contribution in [0.2, 0.25) is 0 Å². The van der Waals surface area contributed by atoms with Crippen LogP contribution < -0.4 is 0 Å². The van der Waals surface area contributed by atoms with E-state index in [-0.39, 0.29) is 6.42 Å². The number of aryl methyl sites for hydroxylation is 1. The molecule has 0 aliphatic carbocycles. The van der Waals surface area contributed by atoms with E-state index in [1.165, 1.54) is 0 Å². The maximum absolute atomic E-state index is 10.2. The first-order valence-corrected chi connectivity index (χ1v) is 4.29. The van der Waals surface area contributed by atoms with Crippen molar-refractivity contribution >= 4 is 21.9 Å². The van der Waals surface area contributed by atoms with E-state index in [2.05, 4.69) is 20.9 Å². The maximum atomic E-state index is 10.2. The van der Waals surface area contributed by atoms with Gasteiger partial charge >= 0.3 is 5.97 Å². The number of pyridine rings is 1. The summed E-state index contributed by atoms with van der Waals surface area (Å²) >= 11 is 3.26. The largest absolute Gasteiger partial charge is 0.481 e. The smallest absolute Gasteiger partial charge is 0.303 e. The first-order chi connectivity index (χ1) is 5.68. The Labute approximate surface area is 78.6 Å². The van der Waals surface area contributed by atoms with E-state index in [4.69, 9.17) is 5.11 Å². The van der Waals surface area contributed by atoms with Crippen molar-refractivity contribution in [3.8, 4) is 0 Å². The van der Waals surface area contributed by atoms with Crippen LogP contribution >= 0.6 is 15.9 Å². The predicted molar refractivity (Wildman–Crippen MR) is 47.9 cm³/mol. The van der Waals surface area contributed by atoms with E-state index in [9.17, 15) is 4.79 Å². The third-order valence-electron chi connectivity index (χ3n) is 1.39. The Bertz CT molecular complexity index is 288. The van der Waals surface area contributed by atoms with Crippen LogP contribution in [0.3, 0.4) is 0 Å². The van der Waals surface area contributed by atoms with E-state index >= 15 is 0 Å². The van der Waals surface area contributed by atoms with Gasteiger partial charge in [0.2, 0.25) is 0 Å². The van der Waals surface area contributed by atoms with Crippen molar-refractivity contribution in [3.63, 3.8) is 0 Å². The number of carboxylic acid groups (broad SMARTS) is 1. The van der Waals surface area contributed by atoms with Gasteiger partial charge in [0.05, 0.1) is 0 Å². The standard InChI is InChI=1S/C8H8BrNO2/c9-7-3-6(4-10-5-7)1-2-8(11)12/h3-5H,1-2H2,(H,11,12). The van der Waals surface area contributed by atoms with Crippen molar-refractivity contribution in [1.29, 1.82) is 0 Å². The molecule has 1 rings (SSSR count). The lowest BCUT2D eigenvalue weighted by atomic mass is 10.2. The summed E-state index contributed by atoms with van der Waals surface area (Å²) in [6, 6.07) is 1.87. The minimum absolute atomic E-state index is 0.151. The maximum Gasteiger partial charge on any atom is 0.303 e. The molecule has 0 atom stereocenters. The first-order valence-electron chi connectivity index (χ1n) is 3.49. The van der Waals surface area contributed by atoms with Crippen LogP contribution in [0.15, 0.2) is 22.9 Å². The van der Waals surface area contributed by atoms with E-state index in [0.29, 0.717) is 6.42 Å². The fraction of sp³-hybridized carbons (Fsp3) is 0.250. The van der Waals surface area contributed by atoms with Crippen LogP contribution in [0.5, 0.6) is 0 Å². The highest BCUT2D eigenvalue weighted by atomic mass is 79.9. The van der Waals surface area contributed by atoms with Crippen LogP contribution in [0.1, 0.15) is 12.0 Å². The minimum atomic E-state index is -0.782. The van der Waals surface area contributed by atoms with Gasteiger partial charge in [-0.15, -0.1) is 0 Å². The summed E-state index contributed by atoms with van der Waals surface area (Å²) in [4.78, 5) is 14.1. The van der Waals surface area contributed by atoms with Crippen LogP contribution in [0.25, 0.3) is 0 Å². The van der Waals surface area contributed by atoms with Crippen molar-refractivity contribution in [2.75, 3.05) is 0 Å². The van der Waals surface area contributed by atoms with Gasteiger partial charge in [0, 0.05) is 23.3 Å². The summed E-state index contributed by atoms with van der Waals surface area (Å²) in [6.07, 6.45) is 4.03. The highest BCUT2D eigenvalue weighted by Gasteiger charge is 1.99. The monoisotopic (exact) mass is 229 g/mol. The second kappa shape index (κ2) is 4.21. The fourth-order valence-electron chi connectivity index (χ4n) is 0.844. The number of halogens is 1. The van der Waals surface area contributed by atoms with Crippen LogP contribution in [0, 0.1) is 0 Å². The molecule has 1 aromatic rings. The van der Waals surface area contributed by atoms with Gasteiger partial charge in [0.25, 0.3) is 0 Å². The second-order valence-corrected chi connectivity index (χ2v) is 3.32. The van der Waals surface area contributed by atoms with Gasteiger partial charge in [0.1, 0.15) is 0 Å². The molecule has 0 aliphatic rings. The Morgan fingerprint density at radius 2 is 2.33 bits per heavy atom. The molecule has 3 nitrogen and oxygen atoms in total. The molecule has 0 bridgehead atoms. The fourth-order valence-corrected chi connectivity index (χ4v) is 1.26. The molecule has 0 amide bonds. The molecule has 0 fully saturated rings. The molecule has 0 aliphatic heterocycles. The molecular formula is C8H8BrNO2. The SMILES string of the molecule is O=C(O)CCc1cncc(Br)c1. The van der Waals surface area contributed by atoms with E-state index in [1.807, 2.05) is 6.07 Å². The molecule has 0 saturated carbocycles. The average Bonchev–Trinajstić information content (AvgIpc) is 2.01. The van der Waals surface area contributed by atoms with Crippen molar-refractivity contribution in [1.82, 2.24) is 4.98 Å². The van der Waals surface area contributed by atoms with Gasteiger partial charge in [-0.05, 0) is 34.0 Å². The third kappa shape index (κ3) is 3.00.